The second-order valence-electron chi connectivity index (χ2n) is 5.25. The molecule has 4 nitrogen and oxygen atoms in total. The molecular weight excluding hydrogens is 266 g/mol. The predicted molar refractivity (Wildman–Crippen MR) is 80.6 cm³/mol. The molecule has 0 aromatic heterocycles. The van der Waals surface area contributed by atoms with E-state index in [1.54, 1.807) is 11.0 Å². The van der Waals surface area contributed by atoms with Crippen LogP contribution in [0.25, 0.3) is 0 Å². The molecule has 2 rings (SSSR count). The number of carbonyl (C=O) groups excluding carboxylic acids is 2. The Morgan fingerprint density at radius 3 is 2.81 bits per heavy atom. The van der Waals surface area contributed by atoms with Gasteiger partial charge in [-0.05, 0) is 18.4 Å². The van der Waals surface area contributed by atoms with Crippen LogP contribution in [0.15, 0.2) is 43.0 Å². The number of benzene rings is 1. The van der Waals surface area contributed by atoms with Crippen molar-refractivity contribution in [1.82, 2.24) is 4.90 Å². The van der Waals surface area contributed by atoms with Crippen molar-refractivity contribution in [2.24, 2.45) is 0 Å². The van der Waals surface area contributed by atoms with Gasteiger partial charge in [-0.25, -0.2) is 4.79 Å². The zero-order valence-electron chi connectivity index (χ0n) is 12.3. The maximum atomic E-state index is 12.2. The molecule has 1 amide bonds. The van der Waals surface area contributed by atoms with Crippen molar-refractivity contribution in [3.63, 3.8) is 0 Å². The summed E-state index contributed by atoms with van der Waals surface area (Å²) >= 11 is 0. The largest absolute Gasteiger partial charge is 0.467 e. The minimum atomic E-state index is -0.558. The third-order valence-corrected chi connectivity index (χ3v) is 3.89. The van der Waals surface area contributed by atoms with Crippen molar-refractivity contribution >= 4 is 11.9 Å². The van der Waals surface area contributed by atoms with Gasteiger partial charge >= 0.3 is 5.97 Å². The number of hydrogen-bond acceptors (Lipinski definition) is 3. The summed E-state index contributed by atoms with van der Waals surface area (Å²) in [5.74, 6) is -0.337. The van der Waals surface area contributed by atoms with Gasteiger partial charge in [0.25, 0.3) is 0 Å². The van der Waals surface area contributed by atoms with Crippen molar-refractivity contribution in [3.05, 3.63) is 48.6 Å². The van der Waals surface area contributed by atoms with Crippen LogP contribution < -0.4 is 0 Å². The maximum absolute atomic E-state index is 12.2. The molecule has 0 aliphatic carbocycles. The minimum Gasteiger partial charge on any atom is -0.467 e. The van der Waals surface area contributed by atoms with Crippen molar-refractivity contribution in [3.8, 4) is 0 Å². The maximum Gasteiger partial charge on any atom is 0.328 e. The van der Waals surface area contributed by atoms with Crippen LogP contribution in [-0.4, -0.2) is 36.0 Å². The van der Waals surface area contributed by atoms with Gasteiger partial charge in [0.15, 0.2) is 0 Å². The summed E-state index contributed by atoms with van der Waals surface area (Å²) in [5, 5.41) is 0. The summed E-state index contributed by atoms with van der Waals surface area (Å²) in [6.45, 7) is 3.74. The van der Waals surface area contributed by atoms with E-state index in [9.17, 15) is 9.59 Å². The van der Waals surface area contributed by atoms with Crippen LogP contribution in [0.1, 0.15) is 24.8 Å². The van der Waals surface area contributed by atoms with Gasteiger partial charge in [0.2, 0.25) is 5.91 Å². The highest BCUT2D eigenvalue weighted by Gasteiger charge is 2.39. The Hall–Kier alpha value is -2.10. The summed E-state index contributed by atoms with van der Waals surface area (Å²) in [4.78, 5) is 26.0. The van der Waals surface area contributed by atoms with Crippen LogP contribution in [0, 0.1) is 0 Å². The van der Waals surface area contributed by atoms with Crippen molar-refractivity contribution in [2.45, 2.75) is 37.8 Å². The average Bonchev–Trinajstić information content (AvgIpc) is 2.86. The lowest BCUT2D eigenvalue weighted by molar-refractivity contribution is -0.152. The lowest BCUT2D eigenvalue weighted by Gasteiger charge is -2.31. The number of amides is 1. The van der Waals surface area contributed by atoms with Crippen molar-refractivity contribution < 1.29 is 14.3 Å². The van der Waals surface area contributed by atoms with E-state index in [2.05, 4.69) is 6.58 Å². The number of carbonyl (C=O) groups is 2. The molecule has 1 aliphatic heterocycles. The van der Waals surface area contributed by atoms with Gasteiger partial charge in [-0.2, -0.15) is 0 Å². The van der Waals surface area contributed by atoms with Crippen LogP contribution in [0.2, 0.25) is 0 Å². The number of rotatable bonds is 6. The molecule has 0 saturated carbocycles. The van der Waals surface area contributed by atoms with Gasteiger partial charge in [-0.15, -0.1) is 6.58 Å². The molecule has 4 heteroatoms. The van der Waals surface area contributed by atoms with Gasteiger partial charge in [-0.3, -0.25) is 4.79 Å². The zero-order chi connectivity index (χ0) is 15.2. The van der Waals surface area contributed by atoms with Gasteiger partial charge < -0.3 is 9.64 Å². The van der Waals surface area contributed by atoms with Crippen LogP contribution in [-0.2, 0) is 20.7 Å². The van der Waals surface area contributed by atoms with E-state index in [1.165, 1.54) is 7.11 Å². The van der Waals surface area contributed by atoms with Gasteiger partial charge in [0.1, 0.15) is 6.04 Å². The molecule has 1 aromatic rings. The number of hydrogen-bond donors (Lipinski definition) is 0. The molecule has 1 fully saturated rings. The summed E-state index contributed by atoms with van der Waals surface area (Å²) in [6.07, 6.45) is 4.24. The lowest BCUT2D eigenvalue weighted by Crippen LogP contribution is -2.48. The van der Waals surface area contributed by atoms with Crippen molar-refractivity contribution in [2.75, 3.05) is 7.11 Å². The second kappa shape index (κ2) is 7.07. The van der Waals surface area contributed by atoms with Crippen LogP contribution in [0.5, 0.6) is 0 Å². The number of likely N-dealkylation sites (tertiary alicyclic amines) is 1. The highest BCUT2D eigenvalue weighted by molar-refractivity contribution is 5.86. The first-order valence-corrected chi connectivity index (χ1v) is 7.21. The Kier molecular flexibility index (Phi) is 5.14. The average molecular weight is 287 g/mol. The van der Waals surface area contributed by atoms with Gasteiger partial charge in [-0.1, -0.05) is 36.4 Å². The van der Waals surface area contributed by atoms with E-state index in [1.807, 2.05) is 30.3 Å². The Bertz CT molecular complexity index is 512. The molecule has 1 aliphatic rings. The Morgan fingerprint density at radius 1 is 1.48 bits per heavy atom. The second-order valence-corrected chi connectivity index (χ2v) is 5.25. The molecule has 1 saturated heterocycles. The minimum absolute atomic E-state index is 0.0215. The van der Waals surface area contributed by atoms with Crippen LogP contribution in [0.3, 0.4) is 0 Å². The van der Waals surface area contributed by atoms with Gasteiger partial charge in [0, 0.05) is 18.9 Å². The molecule has 0 spiro atoms. The number of methoxy groups -OCH3 is 1. The Morgan fingerprint density at radius 2 is 2.19 bits per heavy atom. The number of esters is 1. The molecule has 2 atom stereocenters. The zero-order valence-corrected chi connectivity index (χ0v) is 12.3. The van der Waals surface area contributed by atoms with E-state index in [4.69, 9.17) is 4.74 Å². The topological polar surface area (TPSA) is 46.6 Å². The molecule has 2 unspecified atom stereocenters. The van der Waals surface area contributed by atoms with E-state index >= 15 is 0 Å². The first-order chi connectivity index (χ1) is 10.2. The Balaban J connectivity index is 2.24. The van der Waals surface area contributed by atoms with E-state index in [-0.39, 0.29) is 17.9 Å². The fourth-order valence-electron chi connectivity index (χ4n) is 2.88. The quantitative estimate of drug-likeness (QED) is 0.596. The summed E-state index contributed by atoms with van der Waals surface area (Å²) in [5.41, 5.74) is 1.02. The fraction of sp³-hybridized carbons (Fsp3) is 0.412. The molecule has 1 heterocycles. The highest BCUT2D eigenvalue weighted by Crippen LogP contribution is 2.26. The number of nitrogens with zero attached hydrogens (tertiary/aromatic N) is 1. The monoisotopic (exact) mass is 287 g/mol. The first-order valence-electron chi connectivity index (χ1n) is 7.21. The highest BCUT2D eigenvalue weighted by atomic mass is 16.5. The fourth-order valence-corrected chi connectivity index (χ4v) is 2.88. The molecule has 21 heavy (non-hydrogen) atoms. The molecule has 1 aromatic carbocycles. The summed E-state index contributed by atoms with van der Waals surface area (Å²) in [6, 6.07) is 9.18. The van der Waals surface area contributed by atoms with Crippen molar-refractivity contribution in [1.29, 1.82) is 0 Å². The lowest BCUT2D eigenvalue weighted by atomic mass is 10.0. The molecule has 0 radical (unpaired) electrons. The Labute approximate surface area is 125 Å². The molecule has 0 N–H and O–H groups in total. The number of ether oxygens (including phenoxy) is 1. The van der Waals surface area contributed by atoms with E-state index in [0.29, 0.717) is 19.3 Å². The van der Waals surface area contributed by atoms with Gasteiger partial charge in [0.05, 0.1) is 7.11 Å². The SMILES string of the molecule is C=CCC1CCC(=O)N1C(Cc1ccccc1)C(=O)OC. The summed E-state index contributed by atoms with van der Waals surface area (Å²) < 4.78 is 4.91. The molecule has 112 valence electrons. The third-order valence-electron chi connectivity index (χ3n) is 3.89. The molecule has 0 bridgehead atoms. The predicted octanol–water partition coefficient (Wildman–Crippen LogP) is 2.34. The smallest absolute Gasteiger partial charge is 0.328 e. The van der Waals surface area contributed by atoms with Crippen LogP contribution >= 0.6 is 0 Å². The van der Waals surface area contributed by atoms with Crippen LogP contribution in [0.4, 0.5) is 0 Å². The van der Waals surface area contributed by atoms with E-state index in [0.717, 1.165) is 12.0 Å². The normalized spacial score (nSPS) is 19.4. The summed E-state index contributed by atoms with van der Waals surface area (Å²) in [7, 11) is 1.36. The first kappa shape index (κ1) is 15.3. The standard InChI is InChI=1S/C17H21NO3/c1-3-7-14-10-11-16(19)18(14)15(17(20)21-2)12-13-8-5-4-6-9-13/h3-6,8-9,14-15H,1,7,10-12H2,2H3. The molecular formula is C17H21NO3. The van der Waals surface area contributed by atoms with E-state index < -0.39 is 6.04 Å². The third kappa shape index (κ3) is 3.51.